The van der Waals surface area contributed by atoms with Crippen LogP contribution >= 0.6 is 15.9 Å². The van der Waals surface area contributed by atoms with Crippen LogP contribution in [-0.2, 0) is 0 Å². The zero-order chi connectivity index (χ0) is 11.8. The number of rotatable bonds is 1. The van der Waals surface area contributed by atoms with Crippen molar-refractivity contribution in [2.75, 3.05) is 0 Å². The van der Waals surface area contributed by atoms with Crippen molar-refractivity contribution < 1.29 is 4.39 Å². The Morgan fingerprint density at radius 1 is 1.06 bits per heavy atom. The zero-order valence-corrected chi connectivity index (χ0v) is 10.3. The van der Waals surface area contributed by atoms with E-state index in [1.54, 1.807) is 18.2 Å². The molecule has 0 radical (unpaired) electrons. The van der Waals surface area contributed by atoms with Crippen molar-refractivity contribution in [3.63, 3.8) is 0 Å². The molecule has 2 nitrogen and oxygen atoms in total. The van der Waals surface area contributed by atoms with Crippen molar-refractivity contribution in [3.8, 4) is 11.3 Å². The second kappa shape index (κ2) is 3.96. The molecule has 0 unspecified atom stereocenters. The molecule has 2 aromatic carbocycles. The van der Waals surface area contributed by atoms with Crippen LogP contribution in [0, 0.1) is 5.82 Å². The summed E-state index contributed by atoms with van der Waals surface area (Å²) in [6, 6.07) is 12.4. The van der Waals surface area contributed by atoms with Crippen LogP contribution in [0.15, 0.2) is 46.9 Å². The van der Waals surface area contributed by atoms with Gasteiger partial charge in [0.1, 0.15) is 11.5 Å². The molecular formula is C13H8BrFN2. The molecule has 1 aromatic heterocycles. The molecule has 3 rings (SSSR count). The lowest BCUT2D eigenvalue weighted by Crippen LogP contribution is -1.84. The normalized spacial score (nSPS) is 10.9. The van der Waals surface area contributed by atoms with Crippen molar-refractivity contribution in [2.45, 2.75) is 0 Å². The predicted octanol–water partition coefficient (Wildman–Crippen LogP) is 4.13. The predicted molar refractivity (Wildman–Crippen MR) is 69.2 cm³/mol. The molecular weight excluding hydrogens is 283 g/mol. The van der Waals surface area contributed by atoms with Crippen LogP contribution in [0.5, 0.6) is 0 Å². The molecule has 1 heterocycles. The highest BCUT2D eigenvalue weighted by Gasteiger charge is 2.13. The number of nitrogens with zero attached hydrogens (tertiary/aromatic N) is 1. The van der Waals surface area contributed by atoms with E-state index in [0.717, 1.165) is 15.4 Å². The fourth-order valence-corrected chi connectivity index (χ4v) is 2.43. The second-order valence-electron chi connectivity index (χ2n) is 3.71. The van der Waals surface area contributed by atoms with E-state index in [2.05, 4.69) is 26.1 Å². The number of halogens is 2. The minimum Gasteiger partial charge on any atom is -0.277 e. The smallest absolute Gasteiger partial charge is 0.132 e. The number of benzene rings is 2. The van der Waals surface area contributed by atoms with E-state index < -0.39 is 0 Å². The average Bonchev–Trinajstić information content (AvgIpc) is 2.75. The van der Waals surface area contributed by atoms with Gasteiger partial charge in [-0.05, 0) is 24.3 Å². The third kappa shape index (κ3) is 1.65. The van der Waals surface area contributed by atoms with E-state index in [1.807, 2.05) is 18.2 Å². The number of fused-ring (bicyclic) bond motifs is 1. The minimum absolute atomic E-state index is 0.267. The van der Waals surface area contributed by atoms with Gasteiger partial charge in [-0.25, -0.2) is 4.39 Å². The molecule has 84 valence electrons. The molecule has 0 spiro atoms. The maximum absolute atomic E-state index is 13.7. The average molecular weight is 291 g/mol. The fourth-order valence-electron chi connectivity index (χ4n) is 1.88. The highest BCUT2D eigenvalue weighted by molar-refractivity contribution is 9.10. The van der Waals surface area contributed by atoms with Crippen LogP contribution in [0.1, 0.15) is 0 Å². The Morgan fingerprint density at radius 3 is 2.71 bits per heavy atom. The molecule has 0 amide bonds. The largest absolute Gasteiger partial charge is 0.277 e. The number of nitrogens with one attached hydrogen (secondary N) is 1. The molecule has 0 aliphatic carbocycles. The van der Waals surface area contributed by atoms with Gasteiger partial charge in [0.25, 0.3) is 0 Å². The lowest BCUT2D eigenvalue weighted by molar-refractivity contribution is 0.631. The number of H-pyrrole nitrogens is 1. The fraction of sp³-hybridized carbons (Fsp3) is 0. The molecule has 4 heteroatoms. The molecule has 0 bridgehead atoms. The third-order valence-electron chi connectivity index (χ3n) is 2.67. The Bertz CT molecular complexity index is 691. The van der Waals surface area contributed by atoms with Crippen LogP contribution in [0.4, 0.5) is 4.39 Å². The monoisotopic (exact) mass is 290 g/mol. The van der Waals surface area contributed by atoms with Crippen LogP contribution in [-0.4, -0.2) is 10.2 Å². The summed E-state index contributed by atoms with van der Waals surface area (Å²) < 4.78 is 14.6. The summed E-state index contributed by atoms with van der Waals surface area (Å²) in [6.07, 6.45) is 0. The van der Waals surface area contributed by atoms with Gasteiger partial charge in [-0.15, -0.1) is 0 Å². The van der Waals surface area contributed by atoms with Crippen LogP contribution in [0.25, 0.3) is 22.2 Å². The van der Waals surface area contributed by atoms with Crippen LogP contribution in [0.3, 0.4) is 0 Å². The van der Waals surface area contributed by atoms with E-state index in [4.69, 9.17) is 0 Å². The van der Waals surface area contributed by atoms with E-state index in [0.29, 0.717) is 11.3 Å². The highest BCUT2D eigenvalue weighted by atomic mass is 79.9. The van der Waals surface area contributed by atoms with Crippen molar-refractivity contribution in [1.29, 1.82) is 0 Å². The molecule has 0 aliphatic heterocycles. The third-order valence-corrected chi connectivity index (χ3v) is 3.33. The van der Waals surface area contributed by atoms with E-state index in [1.165, 1.54) is 6.07 Å². The van der Waals surface area contributed by atoms with E-state index in [9.17, 15) is 4.39 Å². The van der Waals surface area contributed by atoms with Crippen molar-refractivity contribution in [3.05, 3.63) is 52.8 Å². The summed E-state index contributed by atoms with van der Waals surface area (Å²) in [7, 11) is 0. The molecule has 0 aliphatic rings. The van der Waals surface area contributed by atoms with Crippen molar-refractivity contribution >= 4 is 26.8 Å². The van der Waals surface area contributed by atoms with Gasteiger partial charge in [-0.2, -0.15) is 5.10 Å². The van der Waals surface area contributed by atoms with Crippen molar-refractivity contribution in [2.24, 2.45) is 0 Å². The van der Waals surface area contributed by atoms with E-state index in [-0.39, 0.29) is 5.82 Å². The molecule has 0 atom stereocenters. The first-order chi connectivity index (χ1) is 8.27. The van der Waals surface area contributed by atoms with Crippen molar-refractivity contribution in [1.82, 2.24) is 10.2 Å². The summed E-state index contributed by atoms with van der Waals surface area (Å²) >= 11 is 3.47. The molecule has 0 saturated carbocycles. The summed E-state index contributed by atoms with van der Waals surface area (Å²) in [6.45, 7) is 0. The second-order valence-corrected chi connectivity index (χ2v) is 4.57. The van der Waals surface area contributed by atoms with Gasteiger partial charge in [0.15, 0.2) is 0 Å². The maximum atomic E-state index is 13.7. The number of hydrogen-bond acceptors (Lipinski definition) is 1. The maximum Gasteiger partial charge on any atom is 0.132 e. The Morgan fingerprint density at radius 2 is 1.88 bits per heavy atom. The Balaban J connectivity index is 2.36. The van der Waals surface area contributed by atoms with Crippen LogP contribution < -0.4 is 0 Å². The molecule has 1 N–H and O–H groups in total. The lowest BCUT2D eigenvalue weighted by atomic mass is 10.1. The summed E-state index contributed by atoms with van der Waals surface area (Å²) in [4.78, 5) is 0. The first-order valence-corrected chi connectivity index (χ1v) is 5.94. The molecule has 0 fully saturated rings. The summed E-state index contributed by atoms with van der Waals surface area (Å²) in [5, 5.41) is 8.00. The highest BCUT2D eigenvalue weighted by Crippen LogP contribution is 2.32. The Labute approximate surface area is 106 Å². The molecule has 17 heavy (non-hydrogen) atoms. The van der Waals surface area contributed by atoms with Gasteiger partial charge in [0.2, 0.25) is 0 Å². The number of hydrogen-bond donors (Lipinski definition) is 1. The topological polar surface area (TPSA) is 28.7 Å². The molecule has 0 saturated heterocycles. The van der Waals surface area contributed by atoms with Gasteiger partial charge in [0, 0.05) is 15.4 Å². The quantitative estimate of drug-likeness (QED) is 0.717. The van der Waals surface area contributed by atoms with Gasteiger partial charge >= 0.3 is 0 Å². The van der Waals surface area contributed by atoms with E-state index >= 15 is 0 Å². The summed E-state index contributed by atoms with van der Waals surface area (Å²) in [5.74, 6) is -0.267. The number of aromatic nitrogens is 2. The summed E-state index contributed by atoms with van der Waals surface area (Å²) in [5.41, 5.74) is 2.02. The van der Waals surface area contributed by atoms with Gasteiger partial charge < -0.3 is 0 Å². The van der Waals surface area contributed by atoms with Gasteiger partial charge in [-0.1, -0.05) is 34.1 Å². The SMILES string of the molecule is Fc1ccccc1-c1n[nH]c2cccc(Br)c12. The standard InChI is InChI=1S/C13H8BrFN2/c14-9-5-3-7-11-12(9)13(17-16-11)8-4-1-2-6-10(8)15/h1-7H,(H,16,17). The minimum atomic E-state index is -0.267. The Kier molecular flexibility index (Phi) is 2.44. The first kappa shape index (κ1) is 10.5. The van der Waals surface area contributed by atoms with Crippen LogP contribution in [0.2, 0.25) is 0 Å². The first-order valence-electron chi connectivity index (χ1n) is 5.15. The lowest BCUT2D eigenvalue weighted by Gasteiger charge is -2.00. The Hall–Kier alpha value is -1.68. The number of aromatic amines is 1. The van der Waals surface area contributed by atoms with Gasteiger partial charge in [0.05, 0.1) is 5.52 Å². The van der Waals surface area contributed by atoms with Gasteiger partial charge in [-0.3, -0.25) is 5.10 Å². The zero-order valence-electron chi connectivity index (χ0n) is 8.74. The molecule has 3 aromatic rings.